The third-order valence-electron chi connectivity index (χ3n) is 1.65. The van der Waals surface area contributed by atoms with Crippen molar-refractivity contribution in [3.8, 4) is 0 Å². The van der Waals surface area contributed by atoms with Crippen molar-refractivity contribution in [2.45, 2.75) is 6.42 Å². The third kappa shape index (κ3) is 2.84. The highest BCUT2D eigenvalue weighted by molar-refractivity contribution is 6.49. The molecule has 1 N–H and O–H groups in total. The normalized spacial score (nSPS) is 10.1. The van der Waals surface area contributed by atoms with Crippen molar-refractivity contribution in [1.82, 2.24) is 0 Å². The minimum absolute atomic E-state index is 0.0181. The maximum absolute atomic E-state index is 11.4. The Morgan fingerprint density at radius 2 is 1.73 bits per heavy atom. The van der Waals surface area contributed by atoms with Gasteiger partial charge in [0.2, 0.25) is 0 Å². The number of carboxylic acids is 1. The van der Waals surface area contributed by atoms with E-state index in [2.05, 4.69) is 0 Å². The van der Waals surface area contributed by atoms with Crippen LogP contribution in [0, 0.1) is 0 Å². The van der Waals surface area contributed by atoms with Crippen LogP contribution in [-0.4, -0.2) is 16.9 Å². The van der Waals surface area contributed by atoms with Crippen LogP contribution in [0.25, 0.3) is 0 Å². The van der Waals surface area contributed by atoms with E-state index in [4.69, 9.17) is 39.9 Å². The topological polar surface area (TPSA) is 54.4 Å². The average molecular weight is 267 g/mol. The molecule has 15 heavy (non-hydrogen) atoms. The van der Waals surface area contributed by atoms with Gasteiger partial charge in [-0.15, -0.1) is 0 Å². The molecule has 0 saturated heterocycles. The van der Waals surface area contributed by atoms with Crippen molar-refractivity contribution in [3.05, 3.63) is 32.8 Å². The summed E-state index contributed by atoms with van der Waals surface area (Å²) in [5, 5.41) is 8.69. The second kappa shape index (κ2) is 4.84. The zero-order chi connectivity index (χ0) is 11.6. The lowest BCUT2D eigenvalue weighted by Gasteiger charge is -2.04. The van der Waals surface area contributed by atoms with E-state index in [9.17, 15) is 9.59 Å². The van der Waals surface area contributed by atoms with Crippen LogP contribution in [0.1, 0.15) is 16.8 Å². The van der Waals surface area contributed by atoms with Gasteiger partial charge in [-0.2, -0.15) is 0 Å². The van der Waals surface area contributed by atoms with E-state index in [1.165, 1.54) is 12.1 Å². The molecule has 1 aromatic rings. The van der Waals surface area contributed by atoms with Gasteiger partial charge in [0.15, 0.2) is 5.78 Å². The highest BCUT2D eigenvalue weighted by Crippen LogP contribution is 2.33. The number of rotatable bonds is 3. The summed E-state index contributed by atoms with van der Waals surface area (Å²) in [6, 6.07) is 2.74. The van der Waals surface area contributed by atoms with Crippen LogP contribution in [-0.2, 0) is 4.79 Å². The monoisotopic (exact) mass is 266 g/mol. The molecule has 80 valence electrons. The molecule has 0 radical (unpaired) electrons. The van der Waals surface area contributed by atoms with Gasteiger partial charge in [0.25, 0.3) is 0 Å². The van der Waals surface area contributed by atoms with E-state index in [0.29, 0.717) is 0 Å². The van der Waals surface area contributed by atoms with Crippen molar-refractivity contribution < 1.29 is 14.7 Å². The van der Waals surface area contributed by atoms with Gasteiger partial charge in [-0.3, -0.25) is 9.59 Å². The van der Waals surface area contributed by atoms with Crippen LogP contribution in [0.3, 0.4) is 0 Å². The maximum atomic E-state index is 11.4. The molecule has 1 aromatic carbocycles. The molecular formula is C9H5Cl3O3. The Kier molecular flexibility index (Phi) is 3.97. The smallest absolute Gasteiger partial charge is 0.311 e. The predicted molar refractivity (Wildman–Crippen MR) is 58.1 cm³/mol. The SMILES string of the molecule is O=C(O)CC(=O)c1ccc(Cl)c(Cl)c1Cl. The molecule has 0 fully saturated rings. The molecule has 0 bridgehead atoms. The fourth-order valence-electron chi connectivity index (χ4n) is 0.974. The number of aliphatic carboxylic acids is 1. The first kappa shape index (κ1) is 12.3. The highest BCUT2D eigenvalue weighted by Gasteiger charge is 2.17. The molecule has 0 saturated carbocycles. The Balaban J connectivity index is 3.11. The molecule has 0 spiro atoms. The van der Waals surface area contributed by atoms with Crippen LogP contribution in [0.5, 0.6) is 0 Å². The van der Waals surface area contributed by atoms with E-state index < -0.39 is 18.2 Å². The molecular weight excluding hydrogens is 262 g/mol. The standard InChI is InChI=1S/C9H5Cl3O3/c10-5-2-1-4(8(11)9(5)12)6(13)3-7(14)15/h1-2H,3H2,(H,14,15). The summed E-state index contributed by atoms with van der Waals surface area (Å²) in [6.07, 6.45) is -0.627. The Morgan fingerprint density at radius 1 is 1.13 bits per heavy atom. The van der Waals surface area contributed by atoms with Crippen molar-refractivity contribution in [2.75, 3.05) is 0 Å². The lowest BCUT2D eigenvalue weighted by molar-refractivity contribution is -0.135. The van der Waals surface area contributed by atoms with Gasteiger partial charge in [0.1, 0.15) is 6.42 Å². The number of carbonyl (C=O) groups excluding carboxylic acids is 1. The van der Waals surface area contributed by atoms with Gasteiger partial charge in [-0.1, -0.05) is 34.8 Å². The maximum Gasteiger partial charge on any atom is 0.311 e. The number of ketones is 1. The summed E-state index contributed by atoms with van der Waals surface area (Å²) in [5.41, 5.74) is 0.0634. The van der Waals surface area contributed by atoms with E-state index in [-0.39, 0.29) is 20.6 Å². The summed E-state index contributed by atoms with van der Waals surface area (Å²) >= 11 is 17.1. The molecule has 0 heterocycles. The molecule has 1 rings (SSSR count). The summed E-state index contributed by atoms with van der Waals surface area (Å²) in [5.74, 6) is -1.83. The summed E-state index contributed by atoms with van der Waals surface area (Å²) in [6.45, 7) is 0. The molecule has 3 nitrogen and oxygen atoms in total. The first-order chi connectivity index (χ1) is 6.93. The number of benzene rings is 1. The average Bonchev–Trinajstić information content (AvgIpc) is 2.13. The molecule has 0 aliphatic heterocycles. The second-order valence-corrected chi connectivity index (χ2v) is 3.88. The van der Waals surface area contributed by atoms with Gasteiger partial charge in [0, 0.05) is 5.56 Å². The number of halogens is 3. The number of carbonyl (C=O) groups is 2. The van der Waals surface area contributed by atoms with Gasteiger partial charge in [0.05, 0.1) is 15.1 Å². The fourth-order valence-corrected chi connectivity index (χ4v) is 1.61. The Morgan fingerprint density at radius 3 is 2.27 bits per heavy atom. The minimum Gasteiger partial charge on any atom is -0.481 e. The molecule has 0 atom stereocenters. The summed E-state index contributed by atoms with van der Waals surface area (Å²) < 4.78 is 0. The largest absolute Gasteiger partial charge is 0.481 e. The number of hydrogen-bond donors (Lipinski definition) is 1. The lowest BCUT2D eigenvalue weighted by Crippen LogP contribution is -2.07. The summed E-state index contributed by atoms with van der Waals surface area (Å²) in [4.78, 5) is 21.7. The van der Waals surface area contributed by atoms with Gasteiger partial charge < -0.3 is 5.11 Å². The predicted octanol–water partition coefficient (Wildman–Crippen LogP) is 3.30. The zero-order valence-electron chi connectivity index (χ0n) is 7.26. The number of carboxylic acid groups (broad SMARTS) is 1. The Hall–Kier alpha value is -0.770. The summed E-state index contributed by atoms with van der Waals surface area (Å²) in [7, 11) is 0. The van der Waals surface area contributed by atoms with Gasteiger partial charge in [-0.05, 0) is 12.1 Å². The van der Waals surface area contributed by atoms with Crippen LogP contribution in [0.15, 0.2) is 12.1 Å². The molecule has 0 aliphatic rings. The molecule has 0 aromatic heterocycles. The zero-order valence-corrected chi connectivity index (χ0v) is 9.53. The first-order valence-corrected chi connectivity index (χ1v) is 4.95. The van der Waals surface area contributed by atoms with Crippen molar-refractivity contribution in [1.29, 1.82) is 0 Å². The van der Waals surface area contributed by atoms with E-state index in [1.807, 2.05) is 0 Å². The quantitative estimate of drug-likeness (QED) is 0.519. The first-order valence-electron chi connectivity index (χ1n) is 3.82. The number of hydrogen-bond acceptors (Lipinski definition) is 2. The van der Waals surface area contributed by atoms with Gasteiger partial charge >= 0.3 is 5.97 Å². The molecule has 6 heteroatoms. The van der Waals surface area contributed by atoms with E-state index >= 15 is 0 Å². The number of Topliss-reactive ketones (excluding diaryl/α,β-unsaturated/α-hetero) is 1. The van der Waals surface area contributed by atoms with Crippen LogP contribution < -0.4 is 0 Å². The lowest BCUT2D eigenvalue weighted by atomic mass is 10.1. The van der Waals surface area contributed by atoms with Crippen molar-refractivity contribution in [3.63, 3.8) is 0 Å². The van der Waals surface area contributed by atoms with Crippen LogP contribution in [0.2, 0.25) is 15.1 Å². The molecule has 0 amide bonds. The molecule has 0 unspecified atom stereocenters. The Bertz CT molecular complexity index is 429. The van der Waals surface area contributed by atoms with Gasteiger partial charge in [-0.25, -0.2) is 0 Å². The highest BCUT2D eigenvalue weighted by atomic mass is 35.5. The molecule has 0 aliphatic carbocycles. The third-order valence-corrected chi connectivity index (χ3v) is 2.94. The Labute approximate surface area is 101 Å². The fraction of sp³-hybridized carbons (Fsp3) is 0.111. The van der Waals surface area contributed by atoms with Crippen LogP contribution >= 0.6 is 34.8 Å². The van der Waals surface area contributed by atoms with Crippen molar-refractivity contribution in [2.24, 2.45) is 0 Å². The van der Waals surface area contributed by atoms with E-state index in [1.54, 1.807) is 0 Å². The van der Waals surface area contributed by atoms with Crippen molar-refractivity contribution >= 4 is 46.6 Å². The minimum atomic E-state index is -1.22. The van der Waals surface area contributed by atoms with E-state index in [0.717, 1.165) is 0 Å². The van der Waals surface area contributed by atoms with Crippen LogP contribution in [0.4, 0.5) is 0 Å². The second-order valence-electron chi connectivity index (χ2n) is 2.72.